The van der Waals surface area contributed by atoms with Crippen molar-refractivity contribution in [3.63, 3.8) is 0 Å². The first-order chi connectivity index (χ1) is 8.38. The molecule has 4 nitrogen and oxygen atoms in total. The summed E-state index contributed by atoms with van der Waals surface area (Å²) in [5, 5.41) is 10.2. The fourth-order valence-corrected chi connectivity index (χ4v) is 3.21. The van der Waals surface area contributed by atoms with Crippen LogP contribution in [0, 0.1) is 5.92 Å². The maximum atomic E-state index is 11.3. The summed E-state index contributed by atoms with van der Waals surface area (Å²) >= 11 is 0. The van der Waals surface area contributed by atoms with Gasteiger partial charge in [0, 0.05) is 25.0 Å². The molecule has 5 heteroatoms. The van der Waals surface area contributed by atoms with Gasteiger partial charge in [0.25, 0.3) is 0 Å². The van der Waals surface area contributed by atoms with Gasteiger partial charge in [0.1, 0.15) is 5.60 Å². The number of benzene rings is 1. The van der Waals surface area contributed by atoms with Crippen molar-refractivity contribution in [3.05, 3.63) is 24.3 Å². The second kappa shape index (κ2) is 3.71. The van der Waals surface area contributed by atoms with Crippen LogP contribution in [0.4, 0.5) is 5.69 Å². The molecular weight excluding hydrogens is 250 g/mol. The molecule has 1 aliphatic carbocycles. The predicted molar refractivity (Wildman–Crippen MR) is 69.4 cm³/mol. The van der Waals surface area contributed by atoms with E-state index in [1.54, 1.807) is 12.1 Å². The van der Waals surface area contributed by atoms with Crippen LogP contribution in [0.3, 0.4) is 0 Å². The number of sulfone groups is 1. The van der Waals surface area contributed by atoms with Crippen LogP contribution in [0.5, 0.6) is 0 Å². The summed E-state index contributed by atoms with van der Waals surface area (Å²) in [4.78, 5) is 2.42. The Balaban J connectivity index is 1.72. The maximum absolute atomic E-state index is 11.3. The Kier molecular flexibility index (Phi) is 2.47. The summed E-state index contributed by atoms with van der Waals surface area (Å²) in [6, 6.07) is 6.87. The standard InChI is InChI=1S/C13H17NO3S/c1-18(16,17)12-6-4-11(5-7-12)14-8-13(15,9-14)10-2-3-10/h4-7,10,15H,2-3,8-9H2,1H3. The van der Waals surface area contributed by atoms with Crippen molar-refractivity contribution in [2.75, 3.05) is 24.2 Å². The van der Waals surface area contributed by atoms with E-state index in [0.29, 0.717) is 23.9 Å². The van der Waals surface area contributed by atoms with Crippen molar-refractivity contribution in [1.82, 2.24) is 0 Å². The van der Waals surface area contributed by atoms with E-state index in [2.05, 4.69) is 4.90 Å². The van der Waals surface area contributed by atoms with Crippen LogP contribution in [0.1, 0.15) is 12.8 Å². The third kappa shape index (κ3) is 2.01. The summed E-state index contributed by atoms with van der Waals surface area (Å²) in [5.41, 5.74) is 0.475. The quantitative estimate of drug-likeness (QED) is 0.889. The number of hydrogen-bond donors (Lipinski definition) is 1. The van der Waals surface area contributed by atoms with E-state index in [-0.39, 0.29) is 0 Å². The van der Waals surface area contributed by atoms with Gasteiger partial charge in [-0.3, -0.25) is 0 Å². The van der Waals surface area contributed by atoms with Crippen LogP contribution < -0.4 is 4.90 Å². The summed E-state index contributed by atoms with van der Waals surface area (Å²) in [5.74, 6) is 0.476. The van der Waals surface area contributed by atoms with E-state index >= 15 is 0 Å². The second-order valence-electron chi connectivity index (χ2n) is 5.50. The number of β-amino-alcohol motifs (C(OH)–C–C–N with tert-alkyl or cyclic N) is 1. The van der Waals surface area contributed by atoms with Crippen molar-refractivity contribution >= 4 is 15.5 Å². The highest BCUT2D eigenvalue weighted by Gasteiger charge is 2.51. The Labute approximate surface area is 107 Å². The molecule has 0 spiro atoms. The van der Waals surface area contributed by atoms with Gasteiger partial charge in [-0.15, -0.1) is 0 Å². The summed E-state index contributed by atoms with van der Waals surface area (Å²) in [6.07, 6.45) is 3.48. The van der Waals surface area contributed by atoms with Gasteiger partial charge in [0.2, 0.25) is 0 Å². The zero-order valence-electron chi connectivity index (χ0n) is 10.3. The van der Waals surface area contributed by atoms with Gasteiger partial charge >= 0.3 is 0 Å². The third-order valence-electron chi connectivity index (χ3n) is 3.90. The molecular formula is C13H17NO3S. The molecule has 1 N–H and O–H groups in total. The Morgan fingerprint density at radius 2 is 1.78 bits per heavy atom. The first-order valence-electron chi connectivity index (χ1n) is 6.16. The minimum atomic E-state index is -3.13. The Morgan fingerprint density at radius 1 is 1.22 bits per heavy atom. The van der Waals surface area contributed by atoms with Crippen molar-refractivity contribution in [2.45, 2.75) is 23.3 Å². The smallest absolute Gasteiger partial charge is 0.175 e. The van der Waals surface area contributed by atoms with Gasteiger partial charge < -0.3 is 10.0 Å². The van der Waals surface area contributed by atoms with Gasteiger partial charge in [-0.25, -0.2) is 8.42 Å². The Morgan fingerprint density at radius 3 is 2.22 bits per heavy atom. The molecule has 1 saturated carbocycles. The second-order valence-corrected chi connectivity index (χ2v) is 7.52. The highest BCUT2D eigenvalue weighted by Crippen LogP contribution is 2.45. The minimum absolute atomic E-state index is 0.337. The van der Waals surface area contributed by atoms with Crippen LogP contribution in [0.25, 0.3) is 0 Å². The van der Waals surface area contributed by atoms with Crippen LogP contribution in [0.2, 0.25) is 0 Å². The molecule has 98 valence electrons. The molecule has 2 aliphatic rings. The molecule has 1 saturated heterocycles. The largest absolute Gasteiger partial charge is 0.386 e. The first-order valence-corrected chi connectivity index (χ1v) is 8.05. The van der Waals surface area contributed by atoms with Gasteiger partial charge in [0.05, 0.1) is 4.90 Å². The van der Waals surface area contributed by atoms with Gasteiger partial charge in [-0.2, -0.15) is 0 Å². The highest BCUT2D eigenvalue weighted by molar-refractivity contribution is 7.90. The lowest BCUT2D eigenvalue weighted by molar-refractivity contribution is -0.00930. The zero-order chi connectivity index (χ0) is 13.0. The summed E-state index contributed by atoms with van der Waals surface area (Å²) in [6.45, 7) is 1.33. The number of hydrogen-bond acceptors (Lipinski definition) is 4. The van der Waals surface area contributed by atoms with E-state index in [4.69, 9.17) is 0 Å². The van der Waals surface area contributed by atoms with Crippen LogP contribution >= 0.6 is 0 Å². The maximum Gasteiger partial charge on any atom is 0.175 e. The molecule has 1 aliphatic heterocycles. The molecule has 1 aromatic carbocycles. The van der Waals surface area contributed by atoms with Gasteiger partial charge in [0.15, 0.2) is 9.84 Å². The van der Waals surface area contributed by atoms with Crippen molar-refractivity contribution < 1.29 is 13.5 Å². The SMILES string of the molecule is CS(=O)(=O)c1ccc(N2CC(O)(C3CC3)C2)cc1. The third-order valence-corrected chi connectivity index (χ3v) is 5.03. The topological polar surface area (TPSA) is 57.6 Å². The lowest BCUT2D eigenvalue weighted by Gasteiger charge is -2.48. The average molecular weight is 267 g/mol. The molecule has 0 unspecified atom stereocenters. The number of rotatable bonds is 3. The molecule has 0 radical (unpaired) electrons. The fourth-order valence-electron chi connectivity index (χ4n) is 2.58. The monoisotopic (exact) mass is 267 g/mol. The van der Waals surface area contributed by atoms with E-state index in [1.165, 1.54) is 6.26 Å². The number of aliphatic hydroxyl groups is 1. The molecule has 3 rings (SSSR count). The Bertz CT molecular complexity index is 554. The van der Waals surface area contributed by atoms with E-state index < -0.39 is 15.4 Å². The molecule has 1 aromatic rings. The van der Waals surface area contributed by atoms with Crippen molar-refractivity contribution in [2.24, 2.45) is 5.92 Å². The molecule has 0 atom stereocenters. The van der Waals surface area contributed by atoms with Gasteiger partial charge in [-0.1, -0.05) is 0 Å². The molecule has 2 fully saturated rings. The van der Waals surface area contributed by atoms with Crippen LogP contribution in [-0.2, 0) is 9.84 Å². The lowest BCUT2D eigenvalue weighted by atomic mass is 9.88. The molecule has 18 heavy (non-hydrogen) atoms. The molecule has 0 aromatic heterocycles. The molecule has 0 bridgehead atoms. The van der Waals surface area contributed by atoms with E-state index in [0.717, 1.165) is 18.5 Å². The number of anilines is 1. The van der Waals surface area contributed by atoms with Crippen LogP contribution in [-0.4, -0.2) is 38.5 Å². The van der Waals surface area contributed by atoms with Gasteiger partial charge in [-0.05, 0) is 43.0 Å². The summed E-state index contributed by atoms with van der Waals surface area (Å²) in [7, 11) is -3.13. The van der Waals surface area contributed by atoms with Crippen molar-refractivity contribution in [3.8, 4) is 0 Å². The average Bonchev–Trinajstić information content (AvgIpc) is 3.08. The normalized spacial score (nSPS) is 22.7. The molecule has 0 amide bonds. The molecule has 1 heterocycles. The first kappa shape index (κ1) is 12.0. The highest BCUT2D eigenvalue weighted by atomic mass is 32.2. The zero-order valence-corrected chi connectivity index (χ0v) is 11.2. The number of nitrogens with zero attached hydrogens (tertiary/aromatic N) is 1. The van der Waals surface area contributed by atoms with Crippen LogP contribution in [0.15, 0.2) is 29.2 Å². The minimum Gasteiger partial charge on any atom is -0.386 e. The summed E-state index contributed by atoms with van der Waals surface area (Å²) < 4.78 is 22.7. The van der Waals surface area contributed by atoms with E-state index in [9.17, 15) is 13.5 Å². The lowest BCUT2D eigenvalue weighted by Crippen LogP contribution is -2.63. The predicted octanol–water partition coefficient (Wildman–Crippen LogP) is 1.05. The van der Waals surface area contributed by atoms with E-state index in [1.807, 2.05) is 12.1 Å². The fraction of sp³-hybridized carbons (Fsp3) is 0.538. The van der Waals surface area contributed by atoms with Crippen molar-refractivity contribution in [1.29, 1.82) is 0 Å². The Hall–Kier alpha value is -1.07.